The maximum Gasteiger partial charge on any atom is 0.240 e. The van der Waals surface area contributed by atoms with Crippen LogP contribution in [0.4, 0.5) is 4.39 Å². The third kappa shape index (κ3) is 3.81. The van der Waals surface area contributed by atoms with E-state index in [1.54, 1.807) is 30.3 Å². The number of hydrogen-bond donors (Lipinski definition) is 1. The topological polar surface area (TPSA) is 81.2 Å². The molecular formula is C19H16FN3O3S. The molecule has 0 radical (unpaired) electrons. The van der Waals surface area contributed by atoms with Gasteiger partial charge in [-0.3, -0.25) is 0 Å². The monoisotopic (exact) mass is 385 g/mol. The fraction of sp³-hybridized carbons (Fsp3) is 0.158. The maximum absolute atomic E-state index is 13.1. The van der Waals surface area contributed by atoms with E-state index in [1.807, 2.05) is 0 Å². The van der Waals surface area contributed by atoms with Crippen molar-refractivity contribution >= 4 is 10.0 Å². The van der Waals surface area contributed by atoms with Crippen molar-refractivity contribution < 1.29 is 17.5 Å². The number of halogens is 1. The Morgan fingerprint density at radius 3 is 2.70 bits per heavy atom. The van der Waals surface area contributed by atoms with E-state index in [0.717, 1.165) is 16.9 Å². The molecule has 0 saturated carbocycles. The van der Waals surface area contributed by atoms with Crippen molar-refractivity contribution in [3.05, 3.63) is 71.9 Å². The lowest BCUT2D eigenvalue weighted by Gasteiger charge is -2.08. The second-order valence-corrected chi connectivity index (χ2v) is 7.86. The molecule has 27 heavy (non-hydrogen) atoms. The zero-order valence-corrected chi connectivity index (χ0v) is 15.0. The van der Waals surface area contributed by atoms with Crippen LogP contribution < -0.4 is 9.46 Å². The standard InChI is InChI=1S/C19H16FN3O3S/c20-15-3-1-13(2-4-15)18-10-16(21-12-22-18)11-23-27(24,25)17-5-6-19-14(9-17)7-8-26-19/h1-6,9-10,12,23H,7-8,11H2. The summed E-state index contributed by atoms with van der Waals surface area (Å²) in [4.78, 5) is 8.46. The van der Waals surface area contributed by atoms with E-state index in [9.17, 15) is 12.8 Å². The fourth-order valence-electron chi connectivity index (χ4n) is 2.86. The van der Waals surface area contributed by atoms with E-state index in [4.69, 9.17) is 4.74 Å². The first-order chi connectivity index (χ1) is 13.0. The first-order valence-corrected chi connectivity index (χ1v) is 9.82. The molecule has 4 rings (SSSR count). The van der Waals surface area contributed by atoms with Crippen LogP contribution in [0.1, 0.15) is 11.3 Å². The number of sulfonamides is 1. The summed E-state index contributed by atoms with van der Waals surface area (Å²) in [6.07, 6.45) is 2.06. The molecule has 3 aromatic rings. The van der Waals surface area contributed by atoms with Gasteiger partial charge in [0.2, 0.25) is 10.0 Å². The van der Waals surface area contributed by atoms with Crippen LogP contribution in [0, 0.1) is 5.82 Å². The number of benzene rings is 2. The van der Waals surface area contributed by atoms with E-state index in [1.165, 1.54) is 24.5 Å². The number of nitrogens with zero attached hydrogens (tertiary/aromatic N) is 2. The van der Waals surface area contributed by atoms with Crippen molar-refractivity contribution in [1.82, 2.24) is 14.7 Å². The second kappa shape index (κ2) is 7.05. The minimum absolute atomic E-state index is 0.0205. The van der Waals surface area contributed by atoms with E-state index in [2.05, 4.69) is 14.7 Å². The van der Waals surface area contributed by atoms with Gasteiger partial charge in [-0.15, -0.1) is 0 Å². The molecule has 1 N–H and O–H groups in total. The average molecular weight is 385 g/mol. The van der Waals surface area contributed by atoms with Crippen LogP contribution in [-0.2, 0) is 23.0 Å². The molecule has 0 amide bonds. The molecule has 0 unspecified atom stereocenters. The van der Waals surface area contributed by atoms with Gasteiger partial charge in [0, 0.05) is 12.0 Å². The zero-order chi connectivity index (χ0) is 18.9. The van der Waals surface area contributed by atoms with Gasteiger partial charge in [0.15, 0.2) is 0 Å². The van der Waals surface area contributed by atoms with E-state index < -0.39 is 10.0 Å². The predicted molar refractivity (Wildman–Crippen MR) is 97.1 cm³/mol. The van der Waals surface area contributed by atoms with E-state index in [-0.39, 0.29) is 17.3 Å². The van der Waals surface area contributed by atoms with Crippen molar-refractivity contribution in [2.45, 2.75) is 17.9 Å². The van der Waals surface area contributed by atoms with Gasteiger partial charge in [-0.1, -0.05) is 0 Å². The minimum atomic E-state index is -3.68. The molecule has 138 valence electrons. The number of rotatable bonds is 5. The highest BCUT2D eigenvalue weighted by Crippen LogP contribution is 2.27. The quantitative estimate of drug-likeness (QED) is 0.730. The number of ether oxygens (including phenoxy) is 1. The highest BCUT2D eigenvalue weighted by Gasteiger charge is 2.19. The Kier molecular flexibility index (Phi) is 4.59. The second-order valence-electron chi connectivity index (χ2n) is 6.09. The molecule has 2 aromatic carbocycles. The Morgan fingerprint density at radius 1 is 1.07 bits per heavy atom. The number of hydrogen-bond acceptors (Lipinski definition) is 5. The molecule has 1 aromatic heterocycles. The predicted octanol–water partition coefficient (Wildman–Crippen LogP) is 2.70. The number of fused-ring (bicyclic) bond motifs is 1. The third-order valence-corrected chi connectivity index (χ3v) is 5.68. The molecular weight excluding hydrogens is 369 g/mol. The molecule has 6 nitrogen and oxygen atoms in total. The van der Waals surface area contributed by atoms with Crippen LogP contribution in [0.5, 0.6) is 5.75 Å². The maximum atomic E-state index is 13.1. The highest BCUT2D eigenvalue weighted by molar-refractivity contribution is 7.89. The number of nitrogens with one attached hydrogen (secondary N) is 1. The Morgan fingerprint density at radius 2 is 1.89 bits per heavy atom. The lowest BCUT2D eigenvalue weighted by atomic mass is 10.1. The van der Waals surface area contributed by atoms with Crippen LogP contribution in [0.3, 0.4) is 0 Å². The highest BCUT2D eigenvalue weighted by atomic mass is 32.2. The summed E-state index contributed by atoms with van der Waals surface area (Å²) in [5.41, 5.74) is 2.71. The van der Waals surface area contributed by atoms with Gasteiger partial charge in [0.1, 0.15) is 17.9 Å². The lowest BCUT2D eigenvalue weighted by molar-refractivity contribution is 0.356. The Labute approximate surface area is 156 Å². The molecule has 0 spiro atoms. The van der Waals surface area contributed by atoms with Crippen molar-refractivity contribution in [3.63, 3.8) is 0 Å². The summed E-state index contributed by atoms with van der Waals surface area (Å²) in [7, 11) is -3.68. The van der Waals surface area contributed by atoms with Crippen LogP contribution in [0.2, 0.25) is 0 Å². The third-order valence-electron chi connectivity index (χ3n) is 4.28. The summed E-state index contributed by atoms with van der Waals surface area (Å²) in [6, 6.07) is 12.4. The average Bonchev–Trinajstić information content (AvgIpc) is 3.15. The molecule has 1 aliphatic heterocycles. The van der Waals surface area contributed by atoms with E-state index >= 15 is 0 Å². The zero-order valence-electron chi connectivity index (χ0n) is 14.2. The summed E-state index contributed by atoms with van der Waals surface area (Å²) >= 11 is 0. The van der Waals surface area contributed by atoms with Crippen molar-refractivity contribution in [2.24, 2.45) is 0 Å². The largest absolute Gasteiger partial charge is 0.493 e. The van der Waals surface area contributed by atoms with Gasteiger partial charge in [0.25, 0.3) is 0 Å². The first kappa shape index (κ1) is 17.6. The van der Waals surface area contributed by atoms with E-state index in [0.29, 0.717) is 24.4 Å². The molecule has 0 aliphatic carbocycles. The lowest BCUT2D eigenvalue weighted by Crippen LogP contribution is -2.23. The smallest absolute Gasteiger partial charge is 0.240 e. The number of aromatic nitrogens is 2. The molecule has 1 aliphatic rings. The normalized spacial score (nSPS) is 13.2. The summed E-state index contributed by atoms with van der Waals surface area (Å²) in [5.74, 6) is 0.397. The summed E-state index contributed by atoms with van der Waals surface area (Å²) < 4.78 is 46.1. The van der Waals surface area contributed by atoms with Crippen LogP contribution >= 0.6 is 0 Å². The van der Waals surface area contributed by atoms with Gasteiger partial charge in [0.05, 0.1) is 29.4 Å². The van der Waals surface area contributed by atoms with Gasteiger partial charge in [-0.2, -0.15) is 0 Å². The van der Waals surface area contributed by atoms with Gasteiger partial charge in [-0.25, -0.2) is 27.5 Å². The van der Waals surface area contributed by atoms with Crippen molar-refractivity contribution in [1.29, 1.82) is 0 Å². The first-order valence-electron chi connectivity index (χ1n) is 8.33. The molecule has 8 heteroatoms. The fourth-order valence-corrected chi connectivity index (χ4v) is 3.90. The van der Waals surface area contributed by atoms with Crippen LogP contribution in [0.25, 0.3) is 11.3 Å². The Hall–Kier alpha value is -2.84. The molecule has 0 atom stereocenters. The molecule has 0 fully saturated rings. The minimum Gasteiger partial charge on any atom is -0.493 e. The summed E-state index contributed by atoms with van der Waals surface area (Å²) in [5, 5.41) is 0. The van der Waals surface area contributed by atoms with Gasteiger partial charge >= 0.3 is 0 Å². The van der Waals surface area contributed by atoms with Crippen LogP contribution in [0.15, 0.2) is 59.8 Å². The molecule has 2 heterocycles. The van der Waals surface area contributed by atoms with Gasteiger partial charge in [-0.05, 0) is 54.1 Å². The van der Waals surface area contributed by atoms with Gasteiger partial charge < -0.3 is 4.74 Å². The molecule has 0 saturated heterocycles. The SMILES string of the molecule is O=S(=O)(NCc1cc(-c2ccc(F)cc2)ncn1)c1ccc2c(c1)CCO2. The molecule has 0 bridgehead atoms. The Bertz CT molecular complexity index is 1090. The van der Waals surface area contributed by atoms with Crippen molar-refractivity contribution in [2.75, 3.05) is 6.61 Å². The Balaban J connectivity index is 1.51. The van der Waals surface area contributed by atoms with Crippen LogP contribution in [-0.4, -0.2) is 25.0 Å². The van der Waals surface area contributed by atoms with Crippen molar-refractivity contribution in [3.8, 4) is 17.0 Å². The summed E-state index contributed by atoms with van der Waals surface area (Å²) in [6.45, 7) is 0.589.